The second-order valence-electron chi connectivity index (χ2n) is 5.66. The van der Waals surface area contributed by atoms with Crippen LogP contribution in [0.15, 0.2) is 29.2 Å². The Hall–Kier alpha value is -1.00. The molecule has 0 bridgehead atoms. The van der Waals surface area contributed by atoms with Crippen LogP contribution in [0.2, 0.25) is 0 Å². The van der Waals surface area contributed by atoms with Gasteiger partial charge in [0.15, 0.2) is 0 Å². The van der Waals surface area contributed by atoms with E-state index < -0.39 is 0 Å². The molecule has 3 atom stereocenters. The van der Waals surface area contributed by atoms with Gasteiger partial charge in [0.1, 0.15) is 0 Å². The van der Waals surface area contributed by atoms with Gasteiger partial charge in [-0.3, -0.25) is 4.79 Å². The second-order valence-corrected chi connectivity index (χ2v) is 6.97. The van der Waals surface area contributed by atoms with Crippen molar-refractivity contribution in [3.05, 3.63) is 24.3 Å². The van der Waals surface area contributed by atoms with Gasteiger partial charge in [0, 0.05) is 4.90 Å². The maximum atomic E-state index is 12.5. The third-order valence-electron chi connectivity index (χ3n) is 4.47. The average Bonchev–Trinajstić information content (AvgIpc) is 3.03. The zero-order chi connectivity index (χ0) is 13.9. The first-order valence-electron chi connectivity index (χ1n) is 7.55. The Kier molecular flexibility index (Phi) is 4.32. The summed E-state index contributed by atoms with van der Waals surface area (Å²) in [5.74, 6) is 2.41. The third kappa shape index (κ3) is 2.72. The molecule has 0 spiro atoms. The fourth-order valence-electron chi connectivity index (χ4n) is 3.54. The molecule has 2 fully saturated rings. The lowest BCUT2D eigenvalue weighted by atomic mass is 9.93. The van der Waals surface area contributed by atoms with Crippen LogP contribution >= 0.6 is 11.8 Å². The van der Waals surface area contributed by atoms with Crippen LogP contribution in [0.5, 0.6) is 0 Å². The van der Waals surface area contributed by atoms with Crippen molar-refractivity contribution in [1.82, 2.24) is 5.32 Å². The highest BCUT2D eigenvalue weighted by Gasteiger charge is 2.42. The molecule has 1 aliphatic carbocycles. The van der Waals surface area contributed by atoms with E-state index in [9.17, 15) is 4.79 Å². The summed E-state index contributed by atoms with van der Waals surface area (Å²) in [6.07, 6.45) is 3.76. The molecule has 108 valence electrons. The van der Waals surface area contributed by atoms with Gasteiger partial charge in [-0.2, -0.15) is 0 Å². The van der Waals surface area contributed by atoms with E-state index in [0.29, 0.717) is 11.8 Å². The molecule has 1 aliphatic heterocycles. The van der Waals surface area contributed by atoms with Crippen LogP contribution in [0.25, 0.3) is 0 Å². The molecule has 2 aliphatic rings. The molecule has 0 aromatic heterocycles. The van der Waals surface area contributed by atoms with Crippen LogP contribution in [-0.2, 0) is 4.79 Å². The highest BCUT2D eigenvalue weighted by molar-refractivity contribution is 7.99. The van der Waals surface area contributed by atoms with Crippen LogP contribution in [0.3, 0.4) is 0 Å². The molecule has 2 N–H and O–H groups in total. The van der Waals surface area contributed by atoms with Gasteiger partial charge in [-0.25, -0.2) is 0 Å². The number of rotatable bonds is 4. The fourth-order valence-corrected chi connectivity index (χ4v) is 4.30. The smallest absolute Gasteiger partial charge is 0.241 e. The third-order valence-corrected chi connectivity index (χ3v) is 5.43. The Balaban J connectivity index is 1.70. The zero-order valence-electron chi connectivity index (χ0n) is 11.9. The number of thioether (sulfide) groups is 1. The number of amides is 1. The average molecular weight is 290 g/mol. The van der Waals surface area contributed by atoms with Crippen LogP contribution in [0.4, 0.5) is 5.69 Å². The first kappa shape index (κ1) is 14.0. The highest BCUT2D eigenvalue weighted by atomic mass is 32.2. The number of nitrogens with one attached hydrogen (secondary N) is 2. The minimum Gasteiger partial charge on any atom is -0.324 e. The van der Waals surface area contributed by atoms with E-state index in [2.05, 4.69) is 23.6 Å². The van der Waals surface area contributed by atoms with Crippen LogP contribution in [-0.4, -0.2) is 24.2 Å². The minimum atomic E-state index is 0.00202. The molecule has 1 heterocycles. The Labute approximate surface area is 124 Å². The van der Waals surface area contributed by atoms with Crippen molar-refractivity contribution in [2.24, 2.45) is 11.8 Å². The summed E-state index contributed by atoms with van der Waals surface area (Å²) < 4.78 is 0. The second kappa shape index (κ2) is 6.19. The monoisotopic (exact) mass is 290 g/mol. The summed E-state index contributed by atoms with van der Waals surface area (Å²) >= 11 is 1.77. The SMILES string of the molecule is CCSc1ccccc1NC(=O)C1NCC2CCCC21. The van der Waals surface area contributed by atoms with Crippen LogP contribution in [0, 0.1) is 11.8 Å². The summed E-state index contributed by atoms with van der Waals surface area (Å²) in [4.78, 5) is 13.7. The molecule has 1 aromatic carbocycles. The zero-order valence-corrected chi connectivity index (χ0v) is 12.7. The van der Waals surface area contributed by atoms with Crippen LogP contribution < -0.4 is 10.6 Å². The molecule has 3 nitrogen and oxygen atoms in total. The number of carbonyl (C=O) groups is 1. The molecule has 1 saturated heterocycles. The number of hydrogen-bond acceptors (Lipinski definition) is 3. The molecule has 1 saturated carbocycles. The van der Waals surface area contributed by atoms with Crippen molar-refractivity contribution in [2.75, 3.05) is 17.6 Å². The van der Waals surface area contributed by atoms with Gasteiger partial charge in [0.05, 0.1) is 11.7 Å². The van der Waals surface area contributed by atoms with Crippen molar-refractivity contribution in [2.45, 2.75) is 37.1 Å². The van der Waals surface area contributed by atoms with Gasteiger partial charge < -0.3 is 10.6 Å². The van der Waals surface area contributed by atoms with Gasteiger partial charge in [0.2, 0.25) is 5.91 Å². The van der Waals surface area contributed by atoms with Crippen molar-refractivity contribution in [3.8, 4) is 0 Å². The predicted molar refractivity (Wildman–Crippen MR) is 84.1 cm³/mol. The fraction of sp³-hybridized carbons (Fsp3) is 0.562. The summed E-state index contributed by atoms with van der Waals surface area (Å²) in [6.45, 7) is 3.14. The van der Waals surface area contributed by atoms with Crippen molar-refractivity contribution < 1.29 is 4.79 Å². The molecular weight excluding hydrogens is 268 g/mol. The topological polar surface area (TPSA) is 41.1 Å². The van der Waals surface area contributed by atoms with Gasteiger partial charge >= 0.3 is 0 Å². The van der Waals surface area contributed by atoms with E-state index in [0.717, 1.165) is 22.9 Å². The standard InChI is InChI=1S/C16H22N2OS/c1-2-20-14-9-4-3-8-13(14)18-16(19)15-12-7-5-6-11(12)10-17-15/h3-4,8-9,11-12,15,17H,2,5-7,10H2,1H3,(H,18,19). The van der Waals surface area contributed by atoms with E-state index in [1.807, 2.05) is 18.2 Å². The largest absolute Gasteiger partial charge is 0.324 e. The van der Waals surface area contributed by atoms with E-state index in [-0.39, 0.29) is 11.9 Å². The molecule has 20 heavy (non-hydrogen) atoms. The lowest BCUT2D eigenvalue weighted by Gasteiger charge is -2.18. The Morgan fingerprint density at radius 3 is 3.10 bits per heavy atom. The number of carbonyl (C=O) groups excluding carboxylic acids is 1. The van der Waals surface area contributed by atoms with E-state index in [4.69, 9.17) is 0 Å². The maximum Gasteiger partial charge on any atom is 0.241 e. The molecule has 3 rings (SSSR count). The summed E-state index contributed by atoms with van der Waals surface area (Å²) in [5.41, 5.74) is 0.951. The van der Waals surface area contributed by atoms with E-state index in [1.165, 1.54) is 19.3 Å². The highest BCUT2D eigenvalue weighted by Crippen LogP contribution is 2.38. The number of hydrogen-bond donors (Lipinski definition) is 2. The lowest BCUT2D eigenvalue weighted by molar-refractivity contribution is -0.118. The predicted octanol–water partition coefficient (Wildman–Crippen LogP) is 3.13. The Morgan fingerprint density at radius 1 is 1.40 bits per heavy atom. The van der Waals surface area contributed by atoms with Crippen molar-refractivity contribution in [1.29, 1.82) is 0 Å². The summed E-state index contributed by atoms with van der Waals surface area (Å²) in [5, 5.41) is 6.54. The van der Waals surface area contributed by atoms with Gasteiger partial charge in [-0.15, -0.1) is 11.8 Å². The number of para-hydroxylation sites is 1. The number of benzene rings is 1. The quantitative estimate of drug-likeness (QED) is 0.837. The molecule has 4 heteroatoms. The minimum absolute atomic E-state index is 0.00202. The first-order chi connectivity index (χ1) is 9.79. The van der Waals surface area contributed by atoms with Crippen LogP contribution in [0.1, 0.15) is 26.2 Å². The Bertz CT molecular complexity index is 491. The molecule has 1 aromatic rings. The Morgan fingerprint density at radius 2 is 2.25 bits per heavy atom. The van der Waals surface area contributed by atoms with Crippen molar-refractivity contribution in [3.63, 3.8) is 0 Å². The number of anilines is 1. The molecule has 0 radical (unpaired) electrons. The normalized spacial score (nSPS) is 28.4. The van der Waals surface area contributed by atoms with Gasteiger partial charge in [0.25, 0.3) is 0 Å². The summed E-state index contributed by atoms with van der Waals surface area (Å²) in [6, 6.07) is 8.08. The van der Waals surface area contributed by atoms with Gasteiger partial charge in [-0.05, 0) is 49.1 Å². The van der Waals surface area contributed by atoms with Gasteiger partial charge in [-0.1, -0.05) is 25.5 Å². The molecule has 3 unspecified atom stereocenters. The van der Waals surface area contributed by atoms with E-state index in [1.54, 1.807) is 11.8 Å². The van der Waals surface area contributed by atoms with E-state index >= 15 is 0 Å². The number of fused-ring (bicyclic) bond motifs is 1. The summed E-state index contributed by atoms with van der Waals surface area (Å²) in [7, 11) is 0. The molecular formula is C16H22N2OS. The molecule has 1 amide bonds. The first-order valence-corrected chi connectivity index (χ1v) is 8.54. The lowest BCUT2D eigenvalue weighted by Crippen LogP contribution is -2.39. The maximum absolute atomic E-state index is 12.5. The van der Waals surface area contributed by atoms with Crippen molar-refractivity contribution >= 4 is 23.4 Å².